The molecule has 27 nitrogen and oxygen atoms in total. The Balaban J connectivity index is 8.64. The molecule has 0 aliphatic heterocycles. The highest BCUT2D eigenvalue weighted by Gasteiger charge is 2.46. The van der Waals surface area contributed by atoms with Crippen LogP contribution < -0.4 is 16.0 Å². The number of nitrogens with one attached hydrogen (secondary N) is 3. The maximum Gasteiger partial charge on any atom is 0.306 e. The molecule has 0 saturated carbocycles. The van der Waals surface area contributed by atoms with Crippen molar-refractivity contribution in [3.05, 3.63) is 10.1 Å². The normalized spacial score (nSPS) is 13.1. The molecule has 103 heavy (non-hydrogen) atoms. The van der Waals surface area contributed by atoms with Gasteiger partial charge in [-0.3, -0.25) is 67.6 Å². The first kappa shape index (κ1) is 96.0. The highest BCUT2D eigenvalue weighted by atomic mass is 16.6. The SMILES string of the molecule is CC(C)COC(=O)CCC(CCC(=O)OCC(C)C)(CCC(=O)OCC(C)C)NC(=O)CCC(CCC(=O)NC(CCC(=O)OCC(C)C)(CCC(=O)OC(C)(C)C)CCC(=O)OC(C)(C)C)(CCC(=O)NC(CCC(=O)OC(C)(C)C)(CCC(=O)OC(C)(C)C)CCC(=O)OC(C)(C)C)[N+](=O)[O-]. The number of nitrogens with zero attached hydrogens (tertiary/aromatic N) is 1. The number of carbonyl (C=O) groups excluding carboxylic acids is 12. The van der Waals surface area contributed by atoms with E-state index in [4.69, 9.17) is 42.6 Å². The van der Waals surface area contributed by atoms with Gasteiger partial charge in [-0.2, -0.15) is 0 Å². The van der Waals surface area contributed by atoms with Gasteiger partial charge in [-0.15, -0.1) is 0 Å². The number of nitro groups is 1. The molecule has 0 aromatic rings. The summed E-state index contributed by atoms with van der Waals surface area (Å²) in [5.41, 5.74) is -11.8. The highest BCUT2D eigenvalue weighted by Crippen LogP contribution is 2.35. The van der Waals surface area contributed by atoms with Gasteiger partial charge < -0.3 is 58.6 Å². The summed E-state index contributed by atoms with van der Waals surface area (Å²) in [4.78, 5) is 180. The van der Waals surface area contributed by atoms with Crippen molar-refractivity contribution in [1.29, 1.82) is 0 Å². The van der Waals surface area contributed by atoms with Crippen LogP contribution in [0.4, 0.5) is 0 Å². The minimum absolute atomic E-state index is 0.0417. The summed E-state index contributed by atoms with van der Waals surface area (Å²) in [6, 6.07) is 0. The van der Waals surface area contributed by atoms with Gasteiger partial charge in [0.05, 0.1) is 26.4 Å². The minimum Gasteiger partial charge on any atom is -0.465 e. The molecule has 0 radical (unpaired) electrons. The van der Waals surface area contributed by atoms with Gasteiger partial charge in [0, 0.05) is 118 Å². The van der Waals surface area contributed by atoms with Crippen LogP contribution in [-0.2, 0) is 100 Å². The first-order chi connectivity index (χ1) is 47.0. The third-order valence-corrected chi connectivity index (χ3v) is 15.7. The number of carbonyl (C=O) groups is 12. The van der Waals surface area contributed by atoms with Crippen molar-refractivity contribution >= 4 is 71.4 Å². The quantitative estimate of drug-likeness (QED) is 0.0220. The number of amides is 3. The molecule has 0 saturated heterocycles. The Morgan fingerprint density at radius 1 is 0.272 bits per heavy atom. The van der Waals surface area contributed by atoms with E-state index in [1.807, 2.05) is 55.4 Å². The lowest BCUT2D eigenvalue weighted by Crippen LogP contribution is -2.52. The topological polar surface area (TPSA) is 367 Å². The van der Waals surface area contributed by atoms with E-state index in [0.717, 1.165) is 0 Å². The van der Waals surface area contributed by atoms with Gasteiger partial charge in [-0.1, -0.05) is 55.4 Å². The van der Waals surface area contributed by atoms with Crippen LogP contribution in [0.5, 0.6) is 0 Å². The van der Waals surface area contributed by atoms with Crippen molar-refractivity contribution in [2.45, 2.75) is 364 Å². The number of rotatable bonds is 48. The molecule has 0 bridgehead atoms. The van der Waals surface area contributed by atoms with Crippen LogP contribution >= 0.6 is 0 Å². The van der Waals surface area contributed by atoms with Gasteiger partial charge in [-0.25, -0.2) is 0 Å². The molecule has 0 spiro atoms. The summed E-state index contributed by atoms with van der Waals surface area (Å²) in [5.74, 6) is -8.71. The minimum atomic E-state index is -2.38. The molecule has 27 heteroatoms. The van der Waals surface area contributed by atoms with Gasteiger partial charge in [-0.05, 0) is 185 Å². The molecule has 0 rings (SSSR count). The second-order valence-electron chi connectivity index (χ2n) is 34.2. The van der Waals surface area contributed by atoms with Crippen molar-refractivity contribution in [3.63, 3.8) is 0 Å². The molecule has 0 aliphatic carbocycles. The summed E-state index contributed by atoms with van der Waals surface area (Å²) >= 11 is 0. The van der Waals surface area contributed by atoms with Crippen LogP contribution in [0.15, 0.2) is 0 Å². The maximum atomic E-state index is 15.0. The van der Waals surface area contributed by atoms with Crippen LogP contribution in [0.1, 0.15) is 313 Å². The lowest BCUT2D eigenvalue weighted by molar-refractivity contribution is -0.573. The number of hydrogen-bond acceptors (Lipinski definition) is 23. The van der Waals surface area contributed by atoms with Gasteiger partial charge in [0.1, 0.15) is 28.0 Å². The van der Waals surface area contributed by atoms with E-state index in [1.165, 1.54) is 0 Å². The zero-order valence-electron chi connectivity index (χ0n) is 66.9. The second-order valence-corrected chi connectivity index (χ2v) is 34.2. The Hall–Kier alpha value is -6.96. The smallest absolute Gasteiger partial charge is 0.306 e. The van der Waals surface area contributed by atoms with Crippen LogP contribution in [0.2, 0.25) is 0 Å². The van der Waals surface area contributed by atoms with Crippen LogP contribution in [0.25, 0.3) is 0 Å². The Morgan fingerprint density at radius 2 is 0.427 bits per heavy atom. The average molecular weight is 1470 g/mol. The van der Waals surface area contributed by atoms with Gasteiger partial charge in [0.25, 0.3) is 0 Å². The van der Waals surface area contributed by atoms with E-state index in [1.54, 1.807) is 104 Å². The number of hydrogen-bond donors (Lipinski definition) is 3. The van der Waals surface area contributed by atoms with Crippen molar-refractivity contribution in [2.75, 3.05) is 26.4 Å². The van der Waals surface area contributed by atoms with Crippen molar-refractivity contribution in [3.8, 4) is 0 Å². The van der Waals surface area contributed by atoms with Gasteiger partial charge >= 0.3 is 53.7 Å². The molecule has 1 unspecified atom stereocenters. The van der Waals surface area contributed by atoms with Gasteiger partial charge in [0.2, 0.25) is 23.3 Å². The van der Waals surface area contributed by atoms with Crippen molar-refractivity contribution < 1.29 is 105 Å². The molecular formula is C76H132N4O23. The zero-order valence-corrected chi connectivity index (χ0v) is 66.9. The average Bonchev–Trinajstić information content (AvgIpc) is 0.827. The summed E-state index contributed by atoms with van der Waals surface area (Å²) in [7, 11) is 0. The predicted octanol–water partition coefficient (Wildman–Crippen LogP) is 12.4. The van der Waals surface area contributed by atoms with E-state index in [2.05, 4.69) is 16.0 Å². The summed E-state index contributed by atoms with van der Waals surface area (Å²) in [6.07, 6.45) is -8.79. The molecule has 0 aliphatic rings. The fraction of sp³-hybridized carbons (Fsp3) is 0.842. The molecule has 3 N–H and O–H groups in total. The van der Waals surface area contributed by atoms with E-state index in [-0.39, 0.29) is 166 Å². The molecule has 0 aromatic heterocycles. The Bertz CT molecular complexity index is 2580. The lowest BCUT2D eigenvalue weighted by Gasteiger charge is -2.37. The molecule has 1 atom stereocenters. The largest absolute Gasteiger partial charge is 0.465 e. The molecule has 0 aromatic carbocycles. The van der Waals surface area contributed by atoms with E-state index in [9.17, 15) is 62.9 Å². The monoisotopic (exact) mass is 1470 g/mol. The number of esters is 9. The summed E-state index contributed by atoms with van der Waals surface area (Å²) < 4.78 is 50.2. The molecule has 0 heterocycles. The molecular weight excluding hydrogens is 1340 g/mol. The van der Waals surface area contributed by atoms with Gasteiger partial charge in [0.15, 0.2) is 0 Å². The Morgan fingerprint density at radius 3 is 0.563 bits per heavy atom. The first-order valence-corrected chi connectivity index (χ1v) is 36.8. The fourth-order valence-corrected chi connectivity index (χ4v) is 10.8. The van der Waals surface area contributed by atoms with E-state index < -0.39 is 165 Å². The van der Waals surface area contributed by atoms with Crippen LogP contribution in [0.3, 0.4) is 0 Å². The molecule has 3 amide bonds. The Kier molecular flexibility index (Phi) is 41.1. The maximum absolute atomic E-state index is 15.0. The highest BCUT2D eigenvalue weighted by molar-refractivity contribution is 5.81. The van der Waals surface area contributed by atoms with Crippen molar-refractivity contribution in [2.24, 2.45) is 23.7 Å². The fourth-order valence-electron chi connectivity index (χ4n) is 10.8. The van der Waals surface area contributed by atoms with E-state index >= 15 is 4.79 Å². The van der Waals surface area contributed by atoms with E-state index in [0.29, 0.717) is 0 Å². The predicted molar refractivity (Wildman–Crippen MR) is 386 cm³/mol. The summed E-state index contributed by atoms with van der Waals surface area (Å²) in [5, 5.41) is 23.1. The first-order valence-electron chi connectivity index (χ1n) is 36.8. The van der Waals surface area contributed by atoms with Crippen LogP contribution in [0, 0.1) is 33.8 Å². The Labute approximate surface area is 613 Å². The zero-order chi connectivity index (χ0) is 79.6. The van der Waals surface area contributed by atoms with Crippen molar-refractivity contribution in [1.82, 2.24) is 16.0 Å². The molecule has 0 fully saturated rings. The van der Waals surface area contributed by atoms with Crippen LogP contribution in [-0.4, -0.2) is 153 Å². The summed E-state index contributed by atoms with van der Waals surface area (Å²) in [6.45, 7) is 39.9. The third kappa shape index (κ3) is 47.9. The second kappa shape index (κ2) is 44.1. The molecule has 594 valence electrons. The standard InChI is InChI=1S/C76H132N4O23/c1-52(2)48-95-59(84)27-36-73(37-28-60(85)96-49-53(3)4,38-29-61(86)97-50-54(5)6)77-56(81)24-45-76(80(93)94,46-25-57(82)78-74(39-30-62(87)98-51-55(7)8,40-31-63(88)99-68(9,10)11)41-32-64(89)100-69(12,13)14)47-26-58(83)79-75(42-33-65(90)101-70(15,16)17,43-34-66(91)102-71(18,19)20)44-35-67(92)103-72(21,22)23/h52-55H,24-51H2,1-23H3,(H,77,81)(H,78,82)(H,79,83). The third-order valence-electron chi connectivity index (χ3n) is 15.7. The number of ether oxygens (including phenoxy) is 9. The lowest BCUT2D eigenvalue weighted by atomic mass is 9.80.